The molecule has 0 spiro atoms. The van der Waals surface area contributed by atoms with Gasteiger partial charge in [-0.05, 0) is 40.2 Å². The zero-order chi connectivity index (χ0) is 12.4. The van der Waals surface area contributed by atoms with Gasteiger partial charge in [-0.25, -0.2) is 0 Å². The van der Waals surface area contributed by atoms with E-state index in [9.17, 15) is 4.79 Å². The van der Waals surface area contributed by atoms with Gasteiger partial charge in [-0.2, -0.15) is 0 Å². The number of esters is 1. The summed E-state index contributed by atoms with van der Waals surface area (Å²) < 4.78 is 10.4. The van der Waals surface area contributed by atoms with Crippen molar-refractivity contribution < 1.29 is 14.3 Å². The molecule has 0 aromatic rings. The first-order chi connectivity index (χ1) is 7.61. The molecule has 0 aliphatic heterocycles. The third kappa shape index (κ3) is 7.65. The molecule has 16 heavy (non-hydrogen) atoms. The minimum absolute atomic E-state index is 0.177. The largest absolute Gasteiger partial charge is 0.465 e. The molecule has 0 saturated carbocycles. The third-order valence-corrected chi connectivity index (χ3v) is 2.07. The summed E-state index contributed by atoms with van der Waals surface area (Å²) in [4.78, 5) is 11.6. The molecule has 0 aliphatic carbocycles. The Balaban J connectivity index is 3.94. The molecular weight excluding hydrogens is 206 g/mol. The van der Waals surface area contributed by atoms with E-state index in [0.717, 1.165) is 13.0 Å². The Morgan fingerprint density at radius 2 is 2.00 bits per heavy atom. The van der Waals surface area contributed by atoms with Gasteiger partial charge in [-0.3, -0.25) is 4.79 Å². The van der Waals surface area contributed by atoms with Crippen molar-refractivity contribution in [1.29, 1.82) is 0 Å². The minimum Gasteiger partial charge on any atom is -0.465 e. The standard InChI is InChI=1S/C12H25NO3/c1-5-8-13-11(12(14)15-6-2)7-9-16-10(3)4/h10-11,13H,5-9H2,1-4H3. The highest BCUT2D eigenvalue weighted by atomic mass is 16.5. The summed E-state index contributed by atoms with van der Waals surface area (Å²) in [5.41, 5.74) is 0. The first-order valence-electron chi connectivity index (χ1n) is 6.13. The molecule has 0 fully saturated rings. The molecule has 0 aromatic heterocycles. The van der Waals surface area contributed by atoms with Gasteiger partial charge < -0.3 is 14.8 Å². The maximum absolute atomic E-state index is 11.6. The van der Waals surface area contributed by atoms with Crippen molar-refractivity contribution in [2.75, 3.05) is 19.8 Å². The summed E-state index contributed by atoms with van der Waals surface area (Å²) >= 11 is 0. The van der Waals surface area contributed by atoms with Crippen LogP contribution in [0.4, 0.5) is 0 Å². The van der Waals surface area contributed by atoms with E-state index in [-0.39, 0.29) is 18.1 Å². The van der Waals surface area contributed by atoms with Crippen LogP contribution < -0.4 is 5.32 Å². The molecule has 0 saturated heterocycles. The van der Waals surface area contributed by atoms with Crippen molar-refractivity contribution in [3.8, 4) is 0 Å². The van der Waals surface area contributed by atoms with E-state index in [4.69, 9.17) is 9.47 Å². The van der Waals surface area contributed by atoms with Gasteiger partial charge in [0.1, 0.15) is 6.04 Å². The van der Waals surface area contributed by atoms with Crippen LogP contribution in [0.25, 0.3) is 0 Å². The first-order valence-corrected chi connectivity index (χ1v) is 6.13. The van der Waals surface area contributed by atoms with E-state index in [2.05, 4.69) is 12.2 Å². The second-order valence-corrected chi connectivity index (χ2v) is 3.97. The van der Waals surface area contributed by atoms with Gasteiger partial charge in [0.25, 0.3) is 0 Å². The van der Waals surface area contributed by atoms with E-state index in [1.165, 1.54) is 0 Å². The second kappa shape index (κ2) is 9.60. The summed E-state index contributed by atoms with van der Waals surface area (Å²) in [6, 6.07) is -0.237. The maximum atomic E-state index is 11.6. The van der Waals surface area contributed by atoms with Gasteiger partial charge >= 0.3 is 5.97 Å². The Hall–Kier alpha value is -0.610. The fraction of sp³-hybridized carbons (Fsp3) is 0.917. The lowest BCUT2D eigenvalue weighted by Crippen LogP contribution is -2.39. The molecule has 0 radical (unpaired) electrons. The van der Waals surface area contributed by atoms with Crippen molar-refractivity contribution in [1.82, 2.24) is 5.32 Å². The molecule has 4 nitrogen and oxygen atoms in total. The van der Waals surface area contributed by atoms with Gasteiger partial charge in [0.15, 0.2) is 0 Å². The fourth-order valence-electron chi connectivity index (χ4n) is 1.29. The lowest BCUT2D eigenvalue weighted by atomic mass is 10.2. The molecular formula is C12H25NO3. The summed E-state index contributed by atoms with van der Waals surface area (Å²) in [6.45, 7) is 9.69. The van der Waals surface area contributed by atoms with E-state index in [1.54, 1.807) is 0 Å². The average molecular weight is 231 g/mol. The molecule has 1 unspecified atom stereocenters. The molecule has 0 amide bonds. The third-order valence-electron chi connectivity index (χ3n) is 2.07. The van der Waals surface area contributed by atoms with Gasteiger partial charge in [0.2, 0.25) is 0 Å². The van der Waals surface area contributed by atoms with Crippen LogP contribution in [0.1, 0.15) is 40.5 Å². The smallest absolute Gasteiger partial charge is 0.323 e. The molecule has 0 heterocycles. The van der Waals surface area contributed by atoms with Crippen molar-refractivity contribution >= 4 is 5.97 Å². The SMILES string of the molecule is CCCNC(CCOC(C)C)C(=O)OCC. The highest BCUT2D eigenvalue weighted by Crippen LogP contribution is 1.99. The number of rotatable bonds is 9. The molecule has 0 rings (SSSR count). The summed E-state index contributed by atoms with van der Waals surface area (Å²) in [7, 11) is 0. The Labute approximate surface area is 98.7 Å². The summed E-state index contributed by atoms with van der Waals surface area (Å²) in [5, 5.41) is 3.17. The van der Waals surface area contributed by atoms with Gasteiger partial charge in [-0.1, -0.05) is 6.92 Å². The molecule has 0 aromatic carbocycles. The van der Waals surface area contributed by atoms with Crippen molar-refractivity contribution in [2.45, 2.75) is 52.7 Å². The summed E-state index contributed by atoms with van der Waals surface area (Å²) in [5.74, 6) is -0.177. The number of hydrogen-bond acceptors (Lipinski definition) is 4. The van der Waals surface area contributed by atoms with Crippen LogP contribution in [-0.2, 0) is 14.3 Å². The highest BCUT2D eigenvalue weighted by Gasteiger charge is 2.18. The van der Waals surface area contributed by atoms with E-state index in [1.807, 2.05) is 20.8 Å². The van der Waals surface area contributed by atoms with Crippen LogP contribution in [0, 0.1) is 0 Å². The van der Waals surface area contributed by atoms with Gasteiger partial charge in [0.05, 0.1) is 12.7 Å². The first kappa shape index (κ1) is 15.4. The molecule has 4 heteroatoms. The van der Waals surface area contributed by atoms with E-state index in [0.29, 0.717) is 19.6 Å². The van der Waals surface area contributed by atoms with Gasteiger partial charge in [0, 0.05) is 6.61 Å². The average Bonchev–Trinajstić information content (AvgIpc) is 2.22. The topological polar surface area (TPSA) is 47.6 Å². The zero-order valence-electron chi connectivity index (χ0n) is 10.9. The predicted octanol–water partition coefficient (Wildman–Crippen LogP) is 1.73. The van der Waals surface area contributed by atoms with E-state index >= 15 is 0 Å². The van der Waals surface area contributed by atoms with Crippen LogP contribution in [0.3, 0.4) is 0 Å². The normalized spacial score (nSPS) is 12.8. The number of nitrogens with one attached hydrogen (secondary N) is 1. The van der Waals surface area contributed by atoms with Crippen LogP contribution >= 0.6 is 0 Å². The lowest BCUT2D eigenvalue weighted by Gasteiger charge is -2.17. The van der Waals surface area contributed by atoms with Crippen LogP contribution in [0.15, 0.2) is 0 Å². The monoisotopic (exact) mass is 231 g/mol. The number of ether oxygens (including phenoxy) is 2. The number of carbonyl (C=O) groups is 1. The lowest BCUT2D eigenvalue weighted by molar-refractivity contribution is -0.146. The fourth-order valence-corrected chi connectivity index (χ4v) is 1.29. The molecule has 0 bridgehead atoms. The number of hydrogen-bond donors (Lipinski definition) is 1. The Kier molecular flexibility index (Phi) is 9.24. The molecule has 1 atom stereocenters. The van der Waals surface area contributed by atoms with Crippen molar-refractivity contribution in [3.63, 3.8) is 0 Å². The van der Waals surface area contributed by atoms with E-state index < -0.39 is 0 Å². The van der Waals surface area contributed by atoms with Crippen LogP contribution in [0.5, 0.6) is 0 Å². The Morgan fingerprint density at radius 3 is 2.50 bits per heavy atom. The zero-order valence-corrected chi connectivity index (χ0v) is 10.9. The minimum atomic E-state index is -0.237. The Morgan fingerprint density at radius 1 is 1.31 bits per heavy atom. The second-order valence-electron chi connectivity index (χ2n) is 3.97. The number of carbonyl (C=O) groups excluding carboxylic acids is 1. The van der Waals surface area contributed by atoms with Crippen LogP contribution in [-0.4, -0.2) is 37.9 Å². The molecule has 96 valence electrons. The quantitative estimate of drug-likeness (QED) is 0.614. The van der Waals surface area contributed by atoms with Crippen molar-refractivity contribution in [3.05, 3.63) is 0 Å². The summed E-state index contributed by atoms with van der Waals surface area (Å²) in [6.07, 6.45) is 1.87. The van der Waals surface area contributed by atoms with Crippen LogP contribution in [0.2, 0.25) is 0 Å². The highest BCUT2D eigenvalue weighted by molar-refractivity contribution is 5.75. The molecule has 1 N–H and O–H groups in total. The Bertz CT molecular complexity index is 183. The van der Waals surface area contributed by atoms with Crippen molar-refractivity contribution in [2.24, 2.45) is 0 Å². The maximum Gasteiger partial charge on any atom is 0.323 e. The van der Waals surface area contributed by atoms with Gasteiger partial charge in [-0.15, -0.1) is 0 Å². The predicted molar refractivity (Wildman–Crippen MR) is 64.4 cm³/mol. The molecule has 0 aliphatic rings.